The molecule has 0 rings (SSSR count). The number of unbranched alkanes of at least 4 members (excludes halogenated alkanes) is 22. The summed E-state index contributed by atoms with van der Waals surface area (Å²) in [6.07, 6.45) is 62.4. The highest BCUT2D eigenvalue weighted by molar-refractivity contribution is 5.70. The van der Waals surface area contributed by atoms with Crippen molar-refractivity contribution in [2.75, 3.05) is 41.0 Å². The van der Waals surface area contributed by atoms with Crippen LogP contribution in [-0.4, -0.2) is 75.5 Å². The molecular formula is C58H101NO7. The van der Waals surface area contributed by atoms with Crippen molar-refractivity contribution in [2.45, 2.75) is 238 Å². The van der Waals surface area contributed by atoms with Crippen molar-refractivity contribution >= 4 is 17.9 Å². The molecule has 0 spiro atoms. The molecule has 0 fully saturated rings. The summed E-state index contributed by atoms with van der Waals surface area (Å²) in [5.74, 6) is -1.81. The topological polar surface area (TPSA) is 102 Å². The molecule has 0 N–H and O–H groups in total. The van der Waals surface area contributed by atoms with Crippen LogP contribution in [0.3, 0.4) is 0 Å². The van der Waals surface area contributed by atoms with Crippen LogP contribution in [0.1, 0.15) is 226 Å². The lowest BCUT2D eigenvalue weighted by Crippen LogP contribution is -2.55. The largest absolute Gasteiger partial charge is 0.544 e. The van der Waals surface area contributed by atoms with Gasteiger partial charge in [0.15, 0.2) is 6.10 Å². The van der Waals surface area contributed by atoms with Crippen LogP contribution >= 0.6 is 0 Å². The fraction of sp³-hybridized carbons (Fsp3) is 0.741. The Labute approximate surface area is 406 Å². The number of nitrogens with zero attached hydrogens (tertiary/aromatic N) is 1. The van der Waals surface area contributed by atoms with Gasteiger partial charge in [0.05, 0.1) is 40.3 Å². The summed E-state index contributed by atoms with van der Waals surface area (Å²) in [6.45, 7) is 4.51. The van der Waals surface area contributed by atoms with Crippen molar-refractivity contribution < 1.29 is 38.2 Å². The molecule has 0 saturated carbocycles. The summed E-state index contributed by atoms with van der Waals surface area (Å²) in [6, 6.07) is -0.739. The Morgan fingerprint density at radius 2 is 0.848 bits per heavy atom. The van der Waals surface area contributed by atoms with Gasteiger partial charge >= 0.3 is 11.9 Å². The average Bonchev–Trinajstić information content (AvgIpc) is 3.28. The number of ether oxygens (including phenoxy) is 3. The number of carboxylic acids is 1. The van der Waals surface area contributed by atoms with Crippen molar-refractivity contribution in [1.82, 2.24) is 0 Å². The molecule has 380 valence electrons. The van der Waals surface area contributed by atoms with E-state index in [0.29, 0.717) is 12.8 Å². The summed E-state index contributed by atoms with van der Waals surface area (Å²) in [7, 11) is 5.40. The highest BCUT2D eigenvalue weighted by Gasteiger charge is 2.25. The number of aliphatic carboxylic acids is 1. The zero-order chi connectivity index (χ0) is 48.4. The third-order valence-corrected chi connectivity index (χ3v) is 11.9. The van der Waals surface area contributed by atoms with E-state index in [9.17, 15) is 19.5 Å². The van der Waals surface area contributed by atoms with E-state index in [-0.39, 0.29) is 49.1 Å². The number of rotatable bonds is 48. The van der Waals surface area contributed by atoms with Crippen molar-refractivity contribution in [3.05, 3.63) is 72.9 Å². The second-order valence-electron chi connectivity index (χ2n) is 19.1. The first-order chi connectivity index (χ1) is 32.1. The molecule has 8 heteroatoms. The Balaban J connectivity index is 4.28. The van der Waals surface area contributed by atoms with Gasteiger partial charge in [-0.3, -0.25) is 9.59 Å². The molecule has 66 heavy (non-hydrogen) atoms. The first-order valence-electron chi connectivity index (χ1n) is 27.0. The molecule has 0 heterocycles. The first-order valence-corrected chi connectivity index (χ1v) is 27.0. The van der Waals surface area contributed by atoms with Crippen LogP contribution in [0.2, 0.25) is 0 Å². The predicted octanol–water partition coefficient (Wildman–Crippen LogP) is 14.5. The van der Waals surface area contributed by atoms with E-state index < -0.39 is 18.1 Å². The number of hydrogen-bond donors (Lipinski definition) is 0. The average molecular weight is 924 g/mol. The highest BCUT2D eigenvalue weighted by atomic mass is 16.6. The van der Waals surface area contributed by atoms with Crippen LogP contribution in [-0.2, 0) is 28.6 Å². The van der Waals surface area contributed by atoms with E-state index in [1.165, 1.54) is 122 Å². The summed E-state index contributed by atoms with van der Waals surface area (Å²) < 4.78 is 17.2. The smallest absolute Gasteiger partial charge is 0.306 e. The zero-order valence-electron chi connectivity index (χ0n) is 43.3. The Hall–Kier alpha value is -3.23. The van der Waals surface area contributed by atoms with E-state index >= 15 is 0 Å². The number of hydrogen-bond acceptors (Lipinski definition) is 7. The first kappa shape index (κ1) is 62.8. The van der Waals surface area contributed by atoms with Crippen molar-refractivity contribution in [3.8, 4) is 0 Å². The summed E-state index contributed by atoms with van der Waals surface area (Å²) >= 11 is 0. The summed E-state index contributed by atoms with van der Waals surface area (Å²) in [5.41, 5.74) is 0. The molecule has 0 saturated heterocycles. The van der Waals surface area contributed by atoms with E-state index in [1.807, 2.05) is 0 Å². The standard InChI is InChI=1S/C58H101NO7/c1-6-8-10-12-14-16-18-20-22-24-26-28-29-31-32-34-36-38-40-42-44-46-48-56(60)65-53-54(52-64-51-50-55(58(62)63)59(3,4)5)66-57(61)49-47-45-43-41-39-37-35-33-30-27-25-23-21-19-17-15-13-11-9-7-2/h9,11,15,17,21,23,27,30,35,37,41,43,54-55H,6-8,10,12-14,16,18-20,22,24-26,28-29,31-34,36,38-40,42,44-53H2,1-5H3/b11-9+,17-15+,23-21+,30-27+,37-35+,43-41+. The maximum Gasteiger partial charge on any atom is 0.306 e. The van der Waals surface area contributed by atoms with Crippen LogP contribution in [0.4, 0.5) is 0 Å². The lowest BCUT2D eigenvalue weighted by Gasteiger charge is -2.34. The van der Waals surface area contributed by atoms with Crippen LogP contribution in [0.15, 0.2) is 72.9 Å². The number of carbonyl (C=O) groups excluding carboxylic acids is 3. The normalized spacial score (nSPS) is 13.4. The molecule has 0 aromatic carbocycles. The molecule has 0 radical (unpaired) electrons. The Bertz CT molecular complexity index is 1310. The number of carboxylic acid groups (broad SMARTS) is 1. The molecule has 0 aliphatic carbocycles. The zero-order valence-corrected chi connectivity index (χ0v) is 43.3. The van der Waals surface area contributed by atoms with Gasteiger partial charge < -0.3 is 28.6 Å². The highest BCUT2D eigenvalue weighted by Crippen LogP contribution is 2.16. The van der Waals surface area contributed by atoms with Crippen molar-refractivity contribution in [1.29, 1.82) is 0 Å². The maximum absolute atomic E-state index is 12.8. The van der Waals surface area contributed by atoms with Crippen molar-refractivity contribution in [3.63, 3.8) is 0 Å². The number of quaternary nitrogens is 1. The van der Waals surface area contributed by atoms with Crippen LogP contribution in [0, 0.1) is 0 Å². The van der Waals surface area contributed by atoms with E-state index in [1.54, 1.807) is 21.1 Å². The van der Waals surface area contributed by atoms with Crippen LogP contribution in [0.5, 0.6) is 0 Å². The second-order valence-corrected chi connectivity index (χ2v) is 19.1. The fourth-order valence-corrected chi connectivity index (χ4v) is 7.73. The minimum Gasteiger partial charge on any atom is -0.544 e. The Morgan fingerprint density at radius 1 is 0.470 bits per heavy atom. The van der Waals surface area contributed by atoms with E-state index in [2.05, 4.69) is 86.8 Å². The van der Waals surface area contributed by atoms with E-state index in [4.69, 9.17) is 14.2 Å². The van der Waals surface area contributed by atoms with Gasteiger partial charge in [0.2, 0.25) is 0 Å². The van der Waals surface area contributed by atoms with Gasteiger partial charge in [-0.15, -0.1) is 0 Å². The van der Waals surface area contributed by atoms with Gasteiger partial charge in [-0.1, -0.05) is 222 Å². The number of carbonyl (C=O) groups is 3. The molecule has 0 aromatic heterocycles. The number of likely N-dealkylation sites (N-methyl/N-ethyl adjacent to an activating group) is 1. The van der Waals surface area contributed by atoms with Gasteiger partial charge in [0, 0.05) is 19.3 Å². The SMILES string of the molecule is CC/C=C/C/C=C/C/C=C/C/C=C/C/C=C/C/C=C/CCCC(=O)OC(COCCC(C(=O)[O-])[N+](C)(C)C)COC(=O)CCCCCCCCCCCCCCCCCCCCCCCC. The quantitative estimate of drug-likeness (QED) is 0.0259. The molecule has 0 aliphatic rings. The lowest BCUT2D eigenvalue weighted by atomic mass is 10.0. The molecule has 2 unspecified atom stereocenters. The van der Waals surface area contributed by atoms with Gasteiger partial charge in [0.25, 0.3) is 0 Å². The summed E-state index contributed by atoms with van der Waals surface area (Å²) in [4.78, 5) is 37.1. The van der Waals surface area contributed by atoms with Gasteiger partial charge in [-0.2, -0.15) is 0 Å². The number of esters is 2. The van der Waals surface area contributed by atoms with E-state index in [0.717, 1.165) is 64.2 Å². The monoisotopic (exact) mass is 924 g/mol. The minimum absolute atomic E-state index is 0.0164. The summed E-state index contributed by atoms with van der Waals surface area (Å²) in [5, 5.41) is 11.7. The van der Waals surface area contributed by atoms with Crippen LogP contribution < -0.4 is 5.11 Å². The van der Waals surface area contributed by atoms with Gasteiger partial charge in [-0.05, 0) is 57.8 Å². The minimum atomic E-state index is -1.13. The van der Waals surface area contributed by atoms with Crippen LogP contribution in [0.25, 0.3) is 0 Å². The molecule has 0 aliphatic heterocycles. The molecule has 0 aromatic rings. The fourth-order valence-electron chi connectivity index (χ4n) is 7.73. The second kappa shape index (κ2) is 48.2. The third-order valence-electron chi connectivity index (χ3n) is 11.9. The molecule has 2 atom stereocenters. The third kappa shape index (κ3) is 45.9. The van der Waals surface area contributed by atoms with Crippen molar-refractivity contribution in [2.24, 2.45) is 0 Å². The Morgan fingerprint density at radius 3 is 1.24 bits per heavy atom. The van der Waals surface area contributed by atoms with Gasteiger partial charge in [0.1, 0.15) is 12.6 Å². The maximum atomic E-state index is 12.8. The molecular weight excluding hydrogens is 823 g/mol. The molecule has 8 nitrogen and oxygen atoms in total. The number of allylic oxidation sites excluding steroid dienone is 12. The molecule has 0 bridgehead atoms. The predicted molar refractivity (Wildman–Crippen MR) is 277 cm³/mol. The lowest BCUT2D eigenvalue weighted by molar-refractivity contribution is -0.889. The molecule has 0 amide bonds. The Kier molecular flexibility index (Phi) is 45.9. The van der Waals surface area contributed by atoms with Gasteiger partial charge in [-0.25, -0.2) is 0 Å².